The van der Waals surface area contributed by atoms with Crippen LogP contribution in [-0.4, -0.2) is 33.6 Å². The van der Waals surface area contributed by atoms with Crippen LogP contribution in [0.1, 0.15) is 58.3 Å². The summed E-state index contributed by atoms with van der Waals surface area (Å²) in [5, 5.41) is 11.4. The van der Waals surface area contributed by atoms with Crippen LogP contribution in [0.3, 0.4) is 0 Å². The molecule has 0 radical (unpaired) electrons. The van der Waals surface area contributed by atoms with Crippen LogP contribution < -0.4 is 9.64 Å². The van der Waals surface area contributed by atoms with Crippen molar-refractivity contribution >= 4 is 34.0 Å². The molecule has 7 nitrogen and oxygen atoms in total. The molecule has 2 heterocycles. The molecule has 0 unspecified atom stereocenters. The van der Waals surface area contributed by atoms with E-state index in [4.69, 9.17) is 9.84 Å². The number of carbonyl (C=O) groups excluding carboxylic acids is 1. The number of aliphatic carboxylic acids is 1. The van der Waals surface area contributed by atoms with Crippen LogP contribution in [0.5, 0.6) is 5.75 Å². The van der Waals surface area contributed by atoms with Crippen molar-refractivity contribution in [3.05, 3.63) is 54.2 Å². The number of amides is 1. The summed E-state index contributed by atoms with van der Waals surface area (Å²) < 4.78 is 5.85. The van der Waals surface area contributed by atoms with Gasteiger partial charge in [-0.15, -0.1) is 11.3 Å². The second-order valence-corrected chi connectivity index (χ2v) is 8.83. The number of hydrogen-bond donors (Lipinski definition) is 1. The largest absolute Gasteiger partial charge is 0.494 e. The Hall–Kier alpha value is -3.26. The van der Waals surface area contributed by atoms with E-state index >= 15 is 0 Å². The van der Waals surface area contributed by atoms with Crippen molar-refractivity contribution in [2.24, 2.45) is 0 Å². The Morgan fingerprint density at radius 3 is 2.50 bits per heavy atom. The minimum Gasteiger partial charge on any atom is -0.494 e. The molecule has 3 rings (SSSR count). The van der Waals surface area contributed by atoms with Gasteiger partial charge in [0, 0.05) is 29.8 Å². The van der Waals surface area contributed by atoms with Crippen LogP contribution in [0.2, 0.25) is 0 Å². The van der Waals surface area contributed by atoms with Crippen molar-refractivity contribution in [3.63, 3.8) is 0 Å². The number of rotatable bonds is 14. The molecule has 0 aliphatic carbocycles. The molecule has 1 N–H and O–H groups in total. The fourth-order valence-electron chi connectivity index (χ4n) is 3.46. The summed E-state index contributed by atoms with van der Waals surface area (Å²) in [7, 11) is 0. The maximum absolute atomic E-state index is 13.0. The zero-order valence-electron chi connectivity index (χ0n) is 19.5. The molecule has 2 aromatic heterocycles. The number of thiazole rings is 1. The highest BCUT2D eigenvalue weighted by molar-refractivity contribution is 7.14. The second kappa shape index (κ2) is 13.4. The minimum atomic E-state index is -1.01. The quantitative estimate of drug-likeness (QED) is 0.265. The first kappa shape index (κ1) is 25.4. The number of carbonyl (C=O) groups is 2. The van der Waals surface area contributed by atoms with Gasteiger partial charge in [0.15, 0.2) is 5.13 Å². The lowest BCUT2D eigenvalue weighted by atomic mass is 10.1. The number of ether oxygens (including phenoxy) is 1. The lowest BCUT2D eigenvalue weighted by Gasteiger charge is -2.20. The third kappa shape index (κ3) is 7.66. The van der Waals surface area contributed by atoms with Crippen molar-refractivity contribution < 1.29 is 19.4 Å². The smallest absolute Gasteiger partial charge is 0.303 e. The van der Waals surface area contributed by atoms with E-state index in [1.54, 1.807) is 24.5 Å². The Kier molecular flexibility index (Phi) is 10.0. The molecule has 0 atom stereocenters. The highest BCUT2D eigenvalue weighted by atomic mass is 32.1. The summed E-state index contributed by atoms with van der Waals surface area (Å²) in [6.45, 7) is 2.87. The standard InChI is InChI=1S/C26H31N3O4S/c1-2-3-4-5-6-7-17-33-22-12-10-21(11-13-22)29(24(30)14-15-25(31)32)26-28-23(19-34-26)20-9-8-16-27-18-20/h8-13,16,18-19H,2-7,14-15,17H2,1H3,(H,31,32). The molecule has 0 aliphatic heterocycles. The molecule has 0 fully saturated rings. The maximum Gasteiger partial charge on any atom is 0.303 e. The summed E-state index contributed by atoms with van der Waals surface area (Å²) in [5.41, 5.74) is 2.18. The summed E-state index contributed by atoms with van der Waals surface area (Å²) in [4.78, 5) is 34.2. The minimum absolute atomic E-state index is 0.118. The Morgan fingerprint density at radius 2 is 1.79 bits per heavy atom. The third-order valence-corrected chi connectivity index (χ3v) is 6.13. The molecular formula is C26H31N3O4S. The fourth-order valence-corrected chi connectivity index (χ4v) is 4.33. The first-order valence-electron chi connectivity index (χ1n) is 11.7. The Bertz CT molecular complexity index is 1040. The van der Waals surface area contributed by atoms with E-state index in [0.29, 0.717) is 23.1 Å². The third-order valence-electron chi connectivity index (χ3n) is 5.30. The van der Waals surface area contributed by atoms with Gasteiger partial charge in [0.05, 0.1) is 24.4 Å². The predicted octanol–water partition coefficient (Wildman–Crippen LogP) is 6.47. The molecule has 8 heteroatoms. The van der Waals surface area contributed by atoms with Gasteiger partial charge in [-0.05, 0) is 42.8 Å². The number of nitrogens with zero attached hydrogens (tertiary/aromatic N) is 3. The Balaban J connectivity index is 1.69. The highest BCUT2D eigenvalue weighted by Gasteiger charge is 2.22. The molecule has 1 amide bonds. The SMILES string of the molecule is CCCCCCCCOc1ccc(N(C(=O)CCC(=O)O)c2nc(-c3cccnc3)cs2)cc1. The molecule has 0 saturated heterocycles. The maximum atomic E-state index is 13.0. The predicted molar refractivity (Wildman–Crippen MR) is 135 cm³/mol. The van der Waals surface area contributed by atoms with Crippen molar-refractivity contribution in [1.82, 2.24) is 9.97 Å². The molecule has 0 saturated carbocycles. The van der Waals surface area contributed by atoms with Gasteiger partial charge in [0.25, 0.3) is 0 Å². The number of hydrogen-bond acceptors (Lipinski definition) is 6. The van der Waals surface area contributed by atoms with Gasteiger partial charge >= 0.3 is 5.97 Å². The fraction of sp³-hybridized carbons (Fsp3) is 0.385. The van der Waals surface area contributed by atoms with E-state index in [1.165, 1.54) is 41.9 Å². The number of unbranched alkanes of at least 4 members (excludes halogenated alkanes) is 5. The summed E-state index contributed by atoms with van der Waals surface area (Å²) in [5.74, 6) is -0.595. The van der Waals surface area contributed by atoms with Gasteiger partial charge < -0.3 is 9.84 Å². The number of carboxylic acid groups (broad SMARTS) is 1. The van der Waals surface area contributed by atoms with Crippen molar-refractivity contribution in [2.45, 2.75) is 58.3 Å². The average molecular weight is 482 g/mol. The topological polar surface area (TPSA) is 92.6 Å². The molecule has 0 aliphatic rings. The molecule has 34 heavy (non-hydrogen) atoms. The van der Waals surface area contributed by atoms with E-state index in [0.717, 1.165) is 24.2 Å². The van der Waals surface area contributed by atoms with Gasteiger partial charge in [-0.1, -0.05) is 39.0 Å². The number of carboxylic acids is 1. The van der Waals surface area contributed by atoms with Crippen molar-refractivity contribution in [3.8, 4) is 17.0 Å². The Labute approximate surface area is 204 Å². The molecule has 1 aromatic carbocycles. The van der Waals surface area contributed by atoms with E-state index in [1.807, 2.05) is 29.6 Å². The van der Waals surface area contributed by atoms with Gasteiger partial charge in [-0.2, -0.15) is 0 Å². The molecule has 3 aromatic rings. The summed E-state index contributed by atoms with van der Waals surface area (Å²) >= 11 is 1.33. The van der Waals surface area contributed by atoms with E-state index in [2.05, 4.69) is 16.9 Å². The van der Waals surface area contributed by atoms with Crippen LogP contribution in [0.4, 0.5) is 10.8 Å². The lowest BCUT2D eigenvalue weighted by molar-refractivity contribution is -0.138. The number of pyridine rings is 1. The molecule has 180 valence electrons. The highest BCUT2D eigenvalue weighted by Crippen LogP contribution is 2.33. The average Bonchev–Trinajstić information content (AvgIpc) is 3.33. The molecule has 0 spiro atoms. The van der Waals surface area contributed by atoms with E-state index in [-0.39, 0.29) is 18.7 Å². The first-order valence-corrected chi connectivity index (χ1v) is 12.6. The number of benzene rings is 1. The van der Waals surface area contributed by atoms with Gasteiger partial charge in [-0.25, -0.2) is 4.98 Å². The lowest BCUT2D eigenvalue weighted by Crippen LogP contribution is -2.26. The van der Waals surface area contributed by atoms with Crippen LogP contribution in [0, 0.1) is 0 Å². The number of aromatic nitrogens is 2. The summed E-state index contributed by atoms with van der Waals surface area (Å²) in [6.07, 6.45) is 10.3. The summed E-state index contributed by atoms with van der Waals surface area (Å²) in [6, 6.07) is 11.0. The molecule has 0 bridgehead atoms. The van der Waals surface area contributed by atoms with Crippen molar-refractivity contribution in [2.75, 3.05) is 11.5 Å². The second-order valence-electron chi connectivity index (χ2n) is 7.99. The number of anilines is 2. The van der Waals surface area contributed by atoms with Crippen LogP contribution in [-0.2, 0) is 9.59 Å². The van der Waals surface area contributed by atoms with Crippen LogP contribution >= 0.6 is 11.3 Å². The van der Waals surface area contributed by atoms with E-state index in [9.17, 15) is 9.59 Å². The monoisotopic (exact) mass is 481 g/mol. The normalized spacial score (nSPS) is 10.7. The van der Waals surface area contributed by atoms with Gasteiger partial charge in [0.2, 0.25) is 5.91 Å². The zero-order valence-corrected chi connectivity index (χ0v) is 20.3. The van der Waals surface area contributed by atoms with Gasteiger partial charge in [-0.3, -0.25) is 19.5 Å². The van der Waals surface area contributed by atoms with E-state index < -0.39 is 5.97 Å². The van der Waals surface area contributed by atoms with Gasteiger partial charge in [0.1, 0.15) is 5.75 Å². The van der Waals surface area contributed by atoms with Crippen LogP contribution in [0.15, 0.2) is 54.2 Å². The zero-order chi connectivity index (χ0) is 24.2. The first-order chi connectivity index (χ1) is 16.6. The molecular weight excluding hydrogens is 450 g/mol. The van der Waals surface area contributed by atoms with Crippen molar-refractivity contribution in [1.29, 1.82) is 0 Å². The Morgan fingerprint density at radius 1 is 1.03 bits per heavy atom. The van der Waals surface area contributed by atoms with Crippen LogP contribution in [0.25, 0.3) is 11.3 Å².